The molecule has 29 heavy (non-hydrogen) atoms. The Hall–Kier alpha value is -2.50. The molecule has 0 radical (unpaired) electrons. The third kappa shape index (κ3) is 3.61. The molecule has 1 amide bonds. The van der Waals surface area contributed by atoms with Crippen LogP contribution >= 0.6 is 22.9 Å². The van der Waals surface area contributed by atoms with E-state index >= 15 is 0 Å². The first kappa shape index (κ1) is 18.5. The molecule has 2 aliphatic rings. The smallest absolute Gasteiger partial charge is 0.264 e. The fraction of sp³-hybridized carbons (Fsp3) is 0.261. The standard InChI is InChI=1S/C23H22ClN3OS/c24-18-5-3-6-19(16-18)25-12-14-26(15-13-25)23(28)21-8-9-22(29-21)27-11-10-17-4-1-2-7-20(17)27/h1-9,16H,10-15H2. The summed E-state index contributed by atoms with van der Waals surface area (Å²) in [6.07, 6.45) is 1.06. The van der Waals surface area contributed by atoms with Crippen molar-refractivity contribution in [2.45, 2.75) is 6.42 Å². The molecule has 1 aromatic heterocycles. The highest BCUT2D eigenvalue weighted by Crippen LogP contribution is 2.38. The number of rotatable bonds is 3. The zero-order valence-corrected chi connectivity index (χ0v) is 17.6. The number of para-hydroxylation sites is 1. The molecule has 0 saturated carbocycles. The van der Waals surface area contributed by atoms with E-state index in [0.717, 1.165) is 59.7 Å². The van der Waals surface area contributed by atoms with Crippen LogP contribution in [0, 0.1) is 0 Å². The van der Waals surface area contributed by atoms with Crippen LogP contribution in [-0.4, -0.2) is 43.5 Å². The summed E-state index contributed by atoms with van der Waals surface area (Å²) in [6.45, 7) is 4.08. The van der Waals surface area contributed by atoms with Crippen molar-refractivity contribution in [2.75, 3.05) is 42.5 Å². The van der Waals surface area contributed by atoms with E-state index in [0.29, 0.717) is 0 Å². The van der Waals surface area contributed by atoms with Gasteiger partial charge < -0.3 is 14.7 Å². The van der Waals surface area contributed by atoms with Crippen LogP contribution in [0.2, 0.25) is 5.02 Å². The van der Waals surface area contributed by atoms with Gasteiger partial charge in [0.05, 0.1) is 9.88 Å². The van der Waals surface area contributed by atoms with E-state index in [2.05, 4.69) is 46.2 Å². The molecule has 1 fully saturated rings. The van der Waals surface area contributed by atoms with Crippen molar-refractivity contribution in [3.63, 3.8) is 0 Å². The molecular formula is C23H22ClN3OS. The Kier molecular flexibility index (Phi) is 4.94. The molecule has 6 heteroatoms. The van der Waals surface area contributed by atoms with Crippen molar-refractivity contribution in [2.24, 2.45) is 0 Å². The minimum atomic E-state index is 0.138. The lowest BCUT2D eigenvalue weighted by molar-refractivity contribution is 0.0751. The Bertz CT molecular complexity index is 1040. The normalized spacial score (nSPS) is 16.2. The van der Waals surface area contributed by atoms with Crippen molar-refractivity contribution in [3.8, 4) is 0 Å². The lowest BCUT2D eigenvalue weighted by atomic mass is 10.2. The summed E-state index contributed by atoms with van der Waals surface area (Å²) < 4.78 is 0. The summed E-state index contributed by atoms with van der Waals surface area (Å²) in [5.74, 6) is 0.138. The maximum atomic E-state index is 13.0. The van der Waals surface area contributed by atoms with Gasteiger partial charge in [0.1, 0.15) is 0 Å². The predicted octanol–water partition coefficient (Wildman–Crippen LogP) is 5.06. The average Bonchev–Trinajstić information content (AvgIpc) is 3.40. The predicted molar refractivity (Wildman–Crippen MR) is 121 cm³/mol. The van der Waals surface area contributed by atoms with Crippen molar-refractivity contribution >= 4 is 45.2 Å². The van der Waals surface area contributed by atoms with E-state index in [1.165, 1.54) is 11.3 Å². The number of anilines is 3. The molecule has 0 bridgehead atoms. The van der Waals surface area contributed by atoms with Gasteiger partial charge >= 0.3 is 0 Å². The van der Waals surface area contributed by atoms with Crippen LogP contribution in [-0.2, 0) is 6.42 Å². The van der Waals surface area contributed by atoms with Gasteiger partial charge in [-0.3, -0.25) is 4.79 Å². The molecule has 3 aromatic rings. The summed E-state index contributed by atoms with van der Waals surface area (Å²) >= 11 is 7.72. The SMILES string of the molecule is O=C(c1ccc(N2CCc3ccccc32)s1)N1CCN(c2cccc(Cl)c2)CC1. The van der Waals surface area contributed by atoms with E-state index in [1.54, 1.807) is 11.3 Å². The summed E-state index contributed by atoms with van der Waals surface area (Å²) in [6, 6.07) is 20.5. The van der Waals surface area contributed by atoms with Crippen LogP contribution in [0.25, 0.3) is 0 Å². The van der Waals surface area contributed by atoms with Gasteiger partial charge in [-0.05, 0) is 48.4 Å². The first-order valence-electron chi connectivity index (χ1n) is 9.94. The number of halogens is 1. The monoisotopic (exact) mass is 423 g/mol. The van der Waals surface area contributed by atoms with E-state index in [1.807, 2.05) is 29.2 Å². The number of nitrogens with zero attached hydrogens (tertiary/aromatic N) is 3. The highest BCUT2D eigenvalue weighted by atomic mass is 35.5. The Morgan fingerprint density at radius 3 is 2.55 bits per heavy atom. The molecule has 2 aromatic carbocycles. The second kappa shape index (κ2) is 7.73. The molecule has 4 nitrogen and oxygen atoms in total. The van der Waals surface area contributed by atoms with E-state index in [9.17, 15) is 4.79 Å². The Morgan fingerprint density at radius 2 is 1.72 bits per heavy atom. The lowest BCUT2D eigenvalue weighted by Gasteiger charge is -2.36. The Morgan fingerprint density at radius 1 is 0.897 bits per heavy atom. The Balaban J connectivity index is 1.26. The van der Waals surface area contributed by atoms with Crippen LogP contribution in [0.5, 0.6) is 0 Å². The van der Waals surface area contributed by atoms with Crippen LogP contribution in [0.4, 0.5) is 16.4 Å². The fourth-order valence-corrected chi connectivity index (χ4v) is 5.35. The number of carbonyl (C=O) groups is 1. The molecular weight excluding hydrogens is 402 g/mol. The molecule has 5 rings (SSSR count). The van der Waals surface area contributed by atoms with Crippen LogP contribution < -0.4 is 9.80 Å². The van der Waals surface area contributed by atoms with Gasteiger partial charge in [-0.1, -0.05) is 35.9 Å². The number of fused-ring (bicyclic) bond motifs is 1. The molecule has 0 atom stereocenters. The summed E-state index contributed by atoms with van der Waals surface area (Å²) in [5.41, 5.74) is 3.77. The summed E-state index contributed by atoms with van der Waals surface area (Å²) in [4.78, 5) is 20.5. The molecule has 0 aliphatic carbocycles. The highest BCUT2D eigenvalue weighted by molar-refractivity contribution is 7.18. The van der Waals surface area contributed by atoms with Gasteiger partial charge in [0.25, 0.3) is 5.91 Å². The number of hydrogen-bond acceptors (Lipinski definition) is 4. The van der Waals surface area contributed by atoms with Gasteiger partial charge in [-0.15, -0.1) is 11.3 Å². The number of carbonyl (C=O) groups excluding carboxylic acids is 1. The summed E-state index contributed by atoms with van der Waals surface area (Å²) in [7, 11) is 0. The average molecular weight is 424 g/mol. The maximum Gasteiger partial charge on any atom is 0.264 e. The molecule has 148 valence electrons. The number of hydrogen-bond donors (Lipinski definition) is 0. The number of thiophene rings is 1. The minimum absolute atomic E-state index is 0.138. The molecule has 2 aliphatic heterocycles. The van der Waals surface area contributed by atoms with Crippen LogP contribution in [0.3, 0.4) is 0 Å². The third-order valence-electron chi connectivity index (χ3n) is 5.70. The van der Waals surface area contributed by atoms with Crippen molar-refractivity contribution in [1.82, 2.24) is 4.90 Å². The topological polar surface area (TPSA) is 26.8 Å². The van der Waals surface area contributed by atoms with Gasteiger partial charge in [0, 0.05) is 49.1 Å². The van der Waals surface area contributed by atoms with Crippen molar-refractivity contribution in [3.05, 3.63) is 76.1 Å². The molecule has 0 N–H and O–H groups in total. The van der Waals surface area contributed by atoms with E-state index in [4.69, 9.17) is 11.6 Å². The minimum Gasteiger partial charge on any atom is -0.368 e. The second-order valence-corrected chi connectivity index (χ2v) is 8.93. The highest BCUT2D eigenvalue weighted by Gasteiger charge is 2.26. The number of benzene rings is 2. The number of amides is 1. The van der Waals surface area contributed by atoms with Gasteiger partial charge in [-0.2, -0.15) is 0 Å². The largest absolute Gasteiger partial charge is 0.368 e. The van der Waals surface area contributed by atoms with Gasteiger partial charge in [0.2, 0.25) is 0 Å². The molecule has 1 saturated heterocycles. The van der Waals surface area contributed by atoms with E-state index < -0.39 is 0 Å². The van der Waals surface area contributed by atoms with Crippen LogP contribution in [0.15, 0.2) is 60.7 Å². The third-order valence-corrected chi connectivity index (χ3v) is 7.03. The van der Waals surface area contributed by atoms with E-state index in [-0.39, 0.29) is 5.91 Å². The molecule has 0 spiro atoms. The molecule has 0 unspecified atom stereocenters. The fourth-order valence-electron chi connectivity index (χ4n) is 4.15. The zero-order chi connectivity index (χ0) is 19.8. The van der Waals surface area contributed by atoms with Crippen molar-refractivity contribution in [1.29, 1.82) is 0 Å². The Labute approximate surface area is 179 Å². The first-order valence-corrected chi connectivity index (χ1v) is 11.1. The lowest BCUT2D eigenvalue weighted by Crippen LogP contribution is -2.48. The number of piperazine rings is 1. The van der Waals surface area contributed by atoms with Gasteiger partial charge in [-0.25, -0.2) is 0 Å². The summed E-state index contributed by atoms with van der Waals surface area (Å²) in [5, 5.41) is 1.89. The zero-order valence-electron chi connectivity index (χ0n) is 16.1. The van der Waals surface area contributed by atoms with Gasteiger partial charge in [0.15, 0.2) is 0 Å². The van der Waals surface area contributed by atoms with Crippen LogP contribution in [0.1, 0.15) is 15.2 Å². The maximum absolute atomic E-state index is 13.0. The first-order chi connectivity index (χ1) is 14.2. The molecule has 3 heterocycles. The second-order valence-electron chi connectivity index (χ2n) is 7.43. The van der Waals surface area contributed by atoms with Crippen molar-refractivity contribution < 1.29 is 4.79 Å². The quantitative estimate of drug-likeness (QED) is 0.589.